The first-order chi connectivity index (χ1) is 8.57. The number of nitrogens with one attached hydrogen (secondary N) is 2. The number of anilines is 2. The summed E-state index contributed by atoms with van der Waals surface area (Å²) in [6.45, 7) is 2.15. The van der Waals surface area contributed by atoms with Crippen molar-refractivity contribution in [3.05, 3.63) is 20.4 Å². The van der Waals surface area contributed by atoms with Crippen LogP contribution in [0.25, 0.3) is 0 Å². The Morgan fingerprint density at radius 1 is 1.00 bits per heavy atom. The molecule has 0 saturated heterocycles. The monoisotopic (exact) mass is 255 g/mol. The molecular weight excluding hydrogens is 234 g/mol. The van der Waals surface area contributed by atoms with Crippen LogP contribution in [-0.2, 0) is 0 Å². The van der Waals surface area contributed by atoms with Crippen LogP contribution in [0.5, 0.6) is 0 Å². The maximum absolute atomic E-state index is 11.4. The molecule has 0 aliphatic carbocycles. The summed E-state index contributed by atoms with van der Waals surface area (Å²) < 4.78 is 0. The predicted octanol–water partition coefficient (Wildman–Crippen LogP) is -0.559. The van der Waals surface area contributed by atoms with Gasteiger partial charge in [0.1, 0.15) is 11.4 Å². The van der Waals surface area contributed by atoms with Gasteiger partial charge in [-0.2, -0.15) is 0 Å². The van der Waals surface area contributed by atoms with E-state index in [4.69, 9.17) is 5.11 Å². The lowest BCUT2D eigenvalue weighted by atomic mass is 10.2. The van der Waals surface area contributed by atoms with Crippen LogP contribution in [0.15, 0.2) is 9.59 Å². The summed E-state index contributed by atoms with van der Waals surface area (Å²) in [6, 6.07) is 0. The largest absolute Gasteiger partial charge is 0.396 e. The Morgan fingerprint density at radius 2 is 1.50 bits per heavy atom. The van der Waals surface area contributed by atoms with E-state index in [9.17, 15) is 9.59 Å². The Hall–Kier alpha value is -1.40. The minimum Gasteiger partial charge on any atom is -0.396 e. The van der Waals surface area contributed by atoms with Gasteiger partial charge < -0.3 is 20.6 Å². The van der Waals surface area contributed by atoms with Crippen molar-refractivity contribution in [2.24, 2.45) is 0 Å². The van der Waals surface area contributed by atoms with E-state index in [1.54, 1.807) is 0 Å². The van der Waals surface area contributed by atoms with Crippen molar-refractivity contribution in [2.75, 3.05) is 51.0 Å². The smallest absolute Gasteiger partial charge is 0.253 e. The molecule has 18 heavy (non-hydrogen) atoms. The molecule has 1 aromatic rings. The van der Waals surface area contributed by atoms with Gasteiger partial charge in [-0.25, -0.2) is 0 Å². The average Bonchev–Trinajstić information content (AvgIpc) is 2.35. The van der Waals surface area contributed by atoms with Gasteiger partial charge >= 0.3 is 0 Å². The molecule has 0 spiro atoms. The van der Waals surface area contributed by atoms with Gasteiger partial charge in [-0.3, -0.25) is 9.59 Å². The van der Waals surface area contributed by atoms with E-state index in [0.717, 1.165) is 13.0 Å². The molecule has 0 bridgehead atoms. The van der Waals surface area contributed by atoms with E-state index in [1.165, 1.54) is 0 Å². The van der Waals surface area contributed by atoms with Crippen molar-refractivity contribution in [3.8, 4) is 0 Å². The maximum atomic E-state index is 11.4. The molecule has 3 N–H and O–H groups in total. The average molecular weight is 255 g/mol. The summed E-state index contributed by atoms with van der Waals surface area (Å²) in [5.74, 6) is 0. The minimum absolute atomic E-state index is 0.0635. The maximum Gasteiger partial charge on any atom is 0.253 e. The van der Waals surface area contributed by atoms with Crippen LogP contribution >= 0.6 is 0 Å². The van der Waals surface area contributed by atoms with Gasteiger partial charge in [0, 0.05) is 19.7 Å². The molecule has 6 nitrogen and oxygen atoms in total. The topological polar surface area (TPSA) is 81.7 Å². The van der Waals surface area contributed by atoms with E-state index < -0.39 is 10.9 Å². The molecule has 0 heterocycles. The third kappa shape index (κ3) is 3.82. The second kappa shape index (κ2) is 7.13. The molecular formula is C12H21N3O3. The zero-order valence-corrected chi connectivity index (χ0v) is 11.0. The van der Waals surface area contributed by atoms with Gasteiger partial charge in [0.05, 0.1) is 0 Å². The molecule has 0 fully saturated rings. The summed E-state index contributed by atoms with van der Waals surface area (Å²) in [5.41, 5.74) is -0.176. The molecule has 1 aromatic carbocycles. The summed E-state index contributed by atoms with van der Waals surface area (Å²) in [4.78, 5) is 24.7. The molecule has 0 aromatic heterocycles. The van der Waals surface area contributed by atoms with E-state index in [-0.39, 0.29) is 6.61 Å². The summed E-state index contributed by atoms with van der Waals surface area (Å²) in [5, 5.41) is 14.5. The van der Waals surface area contributed by atoms with Crippen molar-refractivity contribution >= 4 is 11.4 Å². The molecule has 0 unspecified atom stereocenters. The number of rotatable bonds is 9. The fourth-order valence-electron chi connectivity index (χ4n) is 1.63. The van der Waals surface area contributed by atoms with Crippen molar-refractivity contribution in [3.63, 3.8) is 0 Å². The number of hydrogen-bond acceptors (Lipinski definition) is 6. The Morgan fingerprint density at radius 3 is 1.94 bits per heavy atom. The number of hydrogen-bond donors (Lipinski definition) is 3. The van der Waals surface area contributed by atoms with Crippen LogP contribution < -0.4 is 21.5 Å². The highest BCUT2D eigenvalue weighted by molar-refractivity contribution is 5.73. The summed E-state index contributed by atoms with van der Waals surface area (Å²) in [7, 11) is 3.97. The normalized spacial score (nSPS) is 11.1. The van der Waals surface area contributed by atoms with Crippen molar-refractivity contribution in [1.29, 1.82) is 0 Å². The number of nitrogens with zero attached hydrogens (tertiary/aromatic N) is 1. The first-order valence-corrected chi connectivity index (χ1v) is 6.14. The lowest BCUT2D eigenvalue weighted by Gasteiger charge is -2.15. The van der Waals surface area contributed by atoms with Gasteiger partial charge in [0.2, 0.25) is 0 Å². The minimum atomic E-state index is -0.469. The van der Waals surface area contributed by atoms with Crippen molar-refractivity contribution < 1.29 is 5.11 Å². The fraction of sp³-hybridized carbons (Fsp3) is 0.667. The second-order valence-electron chi connectivity index (χ2n) is 4.50. The van der Waals surface area contributed by atoms with Crippen LogP contribution in [0.4, 0.5) is 11.4 Å². The zero-order valence-electron chi connectivity index (χ0n) is 11.0. The third-order valence-electron chi connectivity index (χ3n) is 2.63. The van der Waals surface area contributed by atoms with Crippen LogP contribution in [0.3, 0.4) is 0 Å². The summed E-state index contributed by atoms with van der Waals surface area (Å²) in [6.07, 6.45) is 1.46. The van der Waals surface area contributed by atoms with Gasteiger partial charge in [-0.05, 0) is 33.5 Å². The fourth-order valence-corrected chi connectivity index (χ4v) is 1.63. The Balaban J connectivity index is 2.42. The molecule has 1 rings (SSSR count). The highest BCUT2D eigenvalue weighted by Gasteiger charge is 2.19. The Labute approximate surface area is 106 Å². The van der Waals surface area contributed by atoms with Crippen molar-refractivity contribution in [2.45, 2.75) is 12.8 Å². The number of aliphatic hydroxyl groups excluding tert-OH is 1. The molecule has 0 atom stereocenters. The molecule has 0 radical (unpaired) electrons. The highest BCUT2D eigenvalue weighted by atomic mass is 16.3. The van der Waals surface area contributed by atoms with E-state index in [1.807, 2.05) is 14.1 Å². The Bertz CT molecular complexity index is 436. The number of aliphatic hydroxyl groups is 1. The van der Waals surface area contributed by atoms with Crippen LogP contribution in [0, 0.1) is 0 Å². The molecule has 0 aliphatic heterocycles. The van der Waals surface area contributed by atoms with Gasteiger partial charge in [-0.15, -0.1) is 0 Å². The lowest BCUT2D eigenvalue weighted by molar-refractivity contribution is 0.292. The zero-order chi connectivity index (χ0) is 13.5. The summed E-state index contributed by atoms with van der Waals surface area (Å²) >= 11 is 0. The third-order valence-corrected chi connectivity index (χ3v) is 2.63. The molecule has 0 amide bonds. The first kappa shape index (κ1) is 14.7. The second-order valence-corrected chi connectivity index (χ2v) is 4.50. The molecule has 6 heteroatoms. The highest BCUT2D eigenvalue weighted by Crippen LogP contribution is 2.13. The molecule has 0 saturated carbocycles. The Kier molecular flexibility index (Phi) is 5.80. The van der Waals surface area contributed by atoms with E-state index in [0.29, 0.717) is 30.9 Å². The van der Waals surface area contributed by atoms with Crippen LogP contribution in [0.2, 0.25) is 0 Å². The standard InChI is InChI=1S/C12H21N3O3/c1-15(2)7-3-5-13-9-10(12(18)11(9)17)14-6-4-8-16/h13-14,16H,3-8H2,1-2H3. The predicted molar refractivity (Wildman–Crippen MR) is 73.2 cm³/mol. The van der Waals surface area contributed by atoms with Crippen LogP contribution in [-0.4, -0.2) is 50.3 Å². The van der Waals surface area contributed by atoms with Crippen molar-refractivity contribution in [1.82, 2.24) is 4.90 Å². The quantitative estimate of drug-likeness (QED) is 0.405. The van der Waals surface area contributed by atoms with Gasteiger partial charge in [0.25, 0.3) is 10.9 Å². The van der Waals surface area contributed by atoms with Crippen LogP contribution in [0.1, 0.15) is 12.8 Å². The first-order valence-electron chi connectivity index (χ1n) is 6.14. The van der Waals surface area contributed by atoms with E-state index in [2.05, 4.69) is 15.5 Å². The van der Waals surface area contributed by atoms with E-state index >= 15 is 0 Å². The molecule has 0 aliphatic rings. The molecule has 102 valence electrons. The lowest BCUT2D eigenvalue weighted by Crippen LogP contribution is -2.38. The van der Waals surface area contributed by atoms with Gasteiger partial charge in [-0.1, -0.05) is 0 Å². The van der Waals surface area contributed by atoms with Gasteiger partial charge in [0.15, 0.2) is 0 Å². The SMILES string of the molecule is CN(C)CCCNc1c(NCCCO)c(=O)c1=O.